The molecule has 20 heavy (non-hydrogen) atoms. The van der Waals surface area contributed by atoms with Crippen LogP contribution in [0.2, 0.25) is 0 Å². The Bertz CT molecular complexity index is 489. The minimum Gasteiger partial charge on any atom is -0.481 e. The molecule has 0 saturated heterocycles. The first kappa shape index (κ1) is 15.6. The molecule has 108 valence electrons. The summed E-state index contributed by atoms with van der Waals surface area (Å²) in [5.74, 6) is -2.58. The maximum Gasteiger partial charge on any atom is 0.333 e. The molecule has 1 aromatic rings. The van der Waals surface area contributed by atoms with Gasteiger partial charge in [-0.05, 0) is 5.56 Å². The SMILES string of the molecule is COC(=O)[C@H](NC(=O)[C@H](N)CC(=O)O)c1ccccc1. The number of benzene rings is 1. The smallest absolute Gasteiger partial charge is 0.333 e. The summed E-state index contributed by atoms with van der Waals surface area (Å²) in [6.07, 6.45) is -0.519. The number of esters is 1. The van der Waals surface area contributed by atoms with Gasteiger partial charge in [0.05, 0.1) is 19.6 Å². The Morgan fingerprint density at radius 2 is 1.90 bits per heavy atom. The Morgan fingerprint density at radius 3 is 2.40 bits per heavy atom. The van der Waals surface area contributed by atoms with Crippen molar-refractivity contribution < 1.29 is 24.2 Å². The first-order valence-electron chi connectivity index (χ1n) is 5.86. The van der Waals surface area contributed by atoms with Crippen LogP contribution >= 0.6 is 0 Å². The van der Waals surface area contributed by atoms with Crippen molar-refractivity contribution in [2.45, 2.75) is 18.5 Å². The van der Waals surface area contributed by atoms with E-state index in [-0.39, 0.29) is 0 Å². The lowest BCUT2D eigenvalue weighted by molar-refractivity contribution is -0.145. The minimum absolute atomic E-state index is 0.519. The molecule has 7 nitrogen and oxygen atoms in total. The molecule has 7 heteroatoms. The fourth-order valence-corrected chi connectivity index (χ4v) is 1.57. The van der Waals surface area contributed by atoms with Gasteiger partial charge in [0.25, 0.3) is 0 Å². The van der Waals surface area contributed by atoms with Gasteiger partial charge in [-0.15, -0.1) is 0 Å². The quantitative estimate of drug-likeness (QED) is 0.622. The average molecular weight is 280 g/mol. The highest BCUT2D eigenvalue weighted by Gasteiger charge is 2.26. The molecule has 0 bridgehead atoms. The van der Waals surface area contributed by atoms with Crippen LogP contribution in [0.1, 0.15) is 18.0 Å². The maximum atomic E-state index is 11.8. The lowest BCUT2D eigenvalue weighted by Gasteiger charge is -2.18. The Kier molecular flexibility index (Phi) is 5.67. The van der Waals surface area contributed by atoms with Gasteiger partial charge in [0.1, 0.15) is 0 Å². The lowest BCUT2D eigenvalue weighted by Crippen LogP contribution is -2.45. The summed E-state index contributed by atoms with van der Waals surface area (Å²) in [4.78, 5) is 34.0. The van der Waals surface area contributed by atoms with Crippen molar-refractivity contribution in [1.29, 1.82) is 0 Å². The first-order valence-corrected chi connectivity index (χ1v) is 5.86. The summed E-state index contributed by atoms with van der Waals surface area (Å²) in [5, 5.41) is 11.0. The van der Waals surface area contributed by atoms with Gasteiger partial charge in [-0.3, -0.25) is 9.59 Å². The summed E-state index contributed by atoms with van der Waals surface area (Å²) in [7, 11) is 1.20. The average Bonchev–Trinajstić information content (AvgIpc) is 2.43. The number of nitrogens with one attached hydrogen (secondary N) is 1. The van der Waals surface area contributed by atoms with Gasteiger partial charge in [0, 0.05) is 0 Å². The fourth-order valence-electron chi connectivity index (χ4n) is 1.57. The summed E-state index contributed by atoms with van der Waals surface area (Å²) in [5.41, 5.74) is 5.96. The van der Waals surface area contributed by atoms with Crippen molar-refractivity contribution in [2.75, 3.05) is 7.11 Å². The van der Waals surface area contributed by atoms with Crippen molar-refractivity contribution >= 4 is 17.8 Å². The minimum atomic E-state index is -1.23. The second-order valence-electron chi connectivity index (χ2n) is 4.08. The van der Waals surface area contributed by atoms with Crippen LogP contribution in [-0.4, -0.2) is 36.1 Å². The molecule has 0 aromatic heterocycles. The van der Waals surface area contributed by atoms with Gasteiger partial charge in [-0.2, -0.15) is 0 Å². The topological polar surface area (TPSA) is 119 Å². The van der Waals surface area contributed by atoms with E-state index in [1.807, 2.05) is 0 Å². The van der Waals surface area contributed by atoms with Crippen LogP contribution < -0.4 is 11.1 Å². The maximum absolute atomic E-state index is 11.8. The van der Waals surface area contributed by atoms with Crippen molar-refractivity contribution in [3.63, 3.8) is 0 Å². The largest absolute Gasteiger partial charge is 0.481 e. The van der Waals surface area contributed by atoms with Crippen molar-refractivity contribution in [3.8, 4) is 0 Å². The van der Waals surface area contributed by atoms with Gasteiger partial charge in [0.2, 0.25) is 5.91 Å². The molecule has 1 amide bonds. The molecular weight excluding hydrogens is 264 g/mol. The molecule has 0 aliphatic rings. The number of carboxylic acid groups (broad SMARTS) is 1. The number of methoxy groups -OCH3 is 1. The number of aliphatic carboxylic acids is 1. The number of hydrogen-bond acceptors (Lipinski definition) is 5. The van der Waals surface area contributed by atoms with Crippen LogP contribution in [0.5, 0.6) is 0 Å². The van der Waals surface area contributed by atoms with Gasteiger partial charge in [-0.25, -0.2) is 4.79 Å². The first-order chi connectivity index (χ1) is 9.45. The van der Waals surface area contributed by atoms with E-state index >= 15 is 0 Å². The lowest BCUT2D eigenvalue weighted by atomic mass is 10.1. The molecule has 0 heterocycles. The van der Waals surface area contributed by atoms with Gasteiger partial charge in [-0.1, -0.05) is 30.3 Å². The highest BCUT2D eigenvalue weighted by molar-refractivity contribution is 5.90. The molecule has 0 radical (unpaired) electrons. The summed E-state index contributed by atoms with van der Waals surface area (Å²) in [6.45, 7) is 0. The highest BCUT2D eigenvalue weighted by Crippen LogP contribution is 2.14. The molecule has 0 spiro atoms. The van der Waals surface area contributed by atoms with Crippen molar-refractivity contribution in [2.24, 2.45) is 5.73 Å². The van der Waals surface area contributed by atoms with E-state index < -0.39 is 36.4 Å². The van der Waals surface area contributed by atoms with E-state index in [1.54, 1.807) is 30.3 Å². The van der Waals surface area contributed by atoms with Crippen molar-refractivity contribution in [3.05, 3.63) is 35.9 Å². The molecule has 0 aliphatic heterocycles. The number of amides is 1. The summed E-state index contributed by atoms with van der Waals surface area (Å²) < 4.78 is 4.62. The number of carbonyl (C=O) groups is 3. The number of rotatable bonds is 6. The summed E-state index contributed by atoms with van der Waals surface area (Å²) in [6, 6.07) is 6.20. The van der Waals surface area contributed by atoms with E-state index in [0.29, 0.717) is 5.56 Å². The Balaban J connectivity index is 2.84. The second kappa shape index (κ2) is 7.25. The van der Waals surface area contributed by atoms with Crippen LogP contribution in [0.25, 0.3) is 0 Å². The van der Waals surface area contributed by atoms with Crippen LogP contribution in [0.3, 0.4) is 0 Å². The van der Waals surface area contributed by atoms with E-state index in [9.17, 15) is 14.4 Å². The van der Waals surface area contributed by atoms with Gasteiger partial charge < -0.3 is 20.9 Å². The number of carboxylic acids is 1. The Morgan fingerprint density at radius 1 is 1.30 bits per heavy atom. The third-order valence-electron chi connectivity index (χ3n) is 2.59. The third kappa shape index (κ3) is 4.36. The van der Waals surface area contributed by atoms with Gasteiger partial charge in [0.15, 0.2) is 6.04 Å². The van der Waals surface area contributed by atoms with Crippen LogP contribution in [0.4, 0.5) is 0 Å². The van der Waals surface area contributed by atoms with E-state index in [4.69, 9.17) is 10.8 Å². The Labute approximate surface area is 115 Å². The van der Waals surface area contributed by atoms with Crippen LogP contribution in [0.15, 0.2) is 30.3 Å². The van der Waals surface area contributed by atoms with E-state index in [1.165, 1.54) is 7.11 Å². The summed E-state index contributed by atoms with van der Waals surface area (Å²) >= 11 is 0. The normalized spacial score (nSPS) is 13.1. The van der Waals surface area contributed by atoms with E-state index in [2.05, 4.69) is 10.1 Å². The van der Waals surface area contributed by atoms with Gasteiger partial charge >= 0.3 is 11.9 Å². The molecule has 0 saturated carbocycles. The van der Waals surface area contributed by atoms with E-state index in [0.717, 1.165) is 0 Å². The standard InChI is InChI=1S/C13H16N2O5/c1-20-13(19)11(8-5-3-2-4-6-8)15-12(18)9(14)7-10(16)17/h2-6,9,11H,7,14H2,1H3,(H,15,18)(H,16,17)/t9-,11-/m1/s1. The zero-order valence-electron chi connectivity index (χ0n) is 10.9. The van der Waals surface area contributed by atoms with Crippen LogP contribution in [-0.2, 0) is 19.1 Å². The molecule has 2 atom stereocenters. The number of nitrogens with two attached hydrogens (primary N) is 1. The third-order valence-corrected chi connectivity index (χ3v) is 2.59. The Hall–Kier alpha value is -2.41. The molecule has 1 aromatic carbocycles. The molecular formula is C13H16N2O5. The number of ether oxygens (including phenoxy) is 1. The molecule has 0 aliphatic carbocycles. The molecule has 4 N–H and O–H groups in total. The highest BCUT2D eigenvalue weighted by atomic mass is 16.5. The number of carbonyl (C=O) groups excluding carboxylic acids is 2. The predicted octanol–water partition coefficient (Wildman–Crippen LogP) is -0.181. The monoisotopic (exact) mass is 280 g/mol. The zero-order valence-corrected chi connectivity index (χ0v) is 10.9. The molecule has 0 unspecified atom stereocenters. The van der Waals surface area contributed by atoms with Crippen molar-refractivity contribution in [1.82, 2.24) is 5.32 Å². The number of hydrogen-bond donors (Lipinski definition) is 3. The molecule has 1 rings (SSSR count). The zero-order chi connectivity index (χ0) is 15.1. The fraction of sp³-hybridized carbons (Fsp3) is 0.308. The van der Waals surface area contributed by atoms with Crippen LogP contribution in [0, 0.1) is 0 Å². The second-order valence-corrected chi connectivity index (χ2v) is 4.08. The molecule has 0 fully saturated rings. The predicted molar refractivity (Wildman–Crippen MR) is 69.6 cm³/mol.